The van der Waals surface area contributed by atoms with E-state index < -0.39 is 0 Å². The summed E-state index contributed by atoms with van der Waals surface area (Å²) in [6.07, 6.45) is 3.97. The Balaban J connectivity index is 1.23. The van der Waals surface area contributed by atoms with Crippen molar-refractivity contribution >= 4 is 11.6 Å². The van der Waals surface area contributed by atoms with Crippen LogP contribution in [0, 0.1) is 0 Å². The minimum Gasteiger partial charge on any atom is -0.454 e. The van der Waals surface area contributed by atoms with Gasteiger partial charge >= 0.3 is 0 Å². The standard InChI is InChI=1S/C22H22N4O2/c1-2-4-16(5-3-1)8-10-26-11-9-19-17(14-26)13-23-22(25-19)24-18-6-7-20-21(12-18)28-15-27-20/h1-7,12-13H,8-11,14-15H2,(H,23,24,25). The zero-order valence-corrected chi connectivity index (χ0v) is 15.6. The number of hydrogen-bond acceptors (Lipinski definition) is 6. The summed E-state index contributed by atoms with van der Waals surface area (Å²) in [5.41, 5.74) is 4.63. The summed E-state index contributed by atoms with van der Waals surface area (Å²) in [6, 6.07) is 16.4. The van der Waals surface area contributed by atoms with Crippen LogP contribution in [0.3, 0.4) is 0 Å². The molecule has 0 atom stereocenters. The van der Waals surface area contributed by atoms with Crippen LogP contribution in [-0.4, -0.2) is 34.8 Å². The van der Waals surface area contributed by atoms with Gasteiger partial charge in [0.05, 0.1) is 5.69 Å². The number of hydrogen-bond donors (Lipinski definition) is 1. The Kier molecular flexibility index (Phi) is 4.54. The van der Waals surface area contributed by atoms with Gasteiger partial charge in [-0.05, 0) is 24.1 Å². The van der Waals surface area contributed by atoms with E-state index in [1.54, 1.807) is 0 Å². The number of anilines is 2. The van der Waals surface area contributed by atoms with Crippen molar-refractivity contribution in [2.75, 3.05) is 25.2 Å². The van der Waals surface area contributed by atoms with Crippen LogP contribution in [0.4, 0.5) is 11.6 Å². The molecule has 2 aromatic carbocycles. The summed E-state index contributed by atoms with van der Waals surface area (Å²) < 4.78 is 10.8. The smallest absolute Gasteiger partial charge is 0.231 e. The second kappa shape index (κ2) is 7.48. The number of nitrogens with one attached hydrogen (secondary N) is 1. The number of nitrogens with zero attached hydrogens (tertiary/aromatic N) is 3. The number of ether oxygens (including phenoxy) is 2. The van der Waals surface area contributed by atoms with Crippen molar-refractivity contribution in [2.45, 2.75) is 19.4 Å². The first-order valence-electron chi connectivity index (χ1n) is 9.61. The summed E-state index contributed by atoms with van der Waals surface area (Å²) in [5, 5.41) is 3.27. The number of aromatic nitrogens is 2. The van der Waals surface area contributed by atoms with Gasteiger partial charge in [0.2, 0.25) is 12.7 Å². The molecule has 28 heavy (non-hydrogen) atoms. The van der Waals surface area contributed by atoms with E-state index in [0.717, 1.165) is 55.4 Å². The minimum absolute atomic E-state index is 0.273. The highest BCUT2D eigenvalue weighted by atomic mass is 16.7. The van der Waals surface area contributed by atoms with Crippen LogP contribution in [0.1, 0.15) is 16.8 Å². The van der Waals surface area contributed by atoms with Crippen molar-refractivity contribution in [2.24, 2.45) is 0 Å². The number of rotatable bonds is 5. The van der Waals surface area contributed by atoms with E-state index in [-0.39, 0.29) is 6.79 Å². The van der Waals surface area contributed by atoms with Crippen molar-refractivity contribution < 1.29 is 9.47 Å². The van der Waals surface area contributed by atoms with Gasteiger partial charge in [-0.1, -0.05) is 30.3 Å². The van der Waals surface area contributed by atoms with Crippen molar-refractivity contribution in [1.82, 2.24) is 14.9 Å². The Labute approximate surface area is 164 Å². The summed E-state index contributed by atoms with van der Waals surface area (Å²) in [7, 11) is 0. The molecule has 3 heterocycles. The van der Waals surface area contributed by atoms with Crippen molar-refractivity contribution in [1.29, 1.82) is 0 Å². The molecule has 1 aromatic heterocycles. The van der Waals surface area contributed by atoms with E-state index in [0.29, 0.717) is 5.95 Å². The van der Waals surface area contributed by atoms with Crippen LogP contribution >= 0.6 is 0 Å². The molecular weight excluding hydrogens is 352 g/mol. The maximum absolute atomic E-state index is 5.43. The molecule has 0 radical (unpaired) electrons. The predicted molar refractivity (Wildman–Crippen MR) is 107 cm³/mol. The predicted octanol–water partition coefficient (Wildman–Crippen LogP) is 3.55. The zero-order chi connectivity index (χ0) is 18.8. The van der Waals surface area contributed by atoms with E-state index >= 15 is 0 Å². The summed E-state index contributed by atoms with van der Waals surface area (Å²) >= 11 is 0. The Morgan fingerprint density at radius 2 is 1.93 bits per heavy atom. The van der Waals surface area contributed by atoms with Gasteiger partial charge in [-0.3, -0.25) is 4.90 Å². The van der Waals surface area contributed by atoms with Crippen LogP contribution in [0.2, 0.25) is 0 Å². The van der Waals surface area contributed by atoms with Gasteiger partial charge in [0.25, 0.3) is 0 Å². The average Bonchev–Trinajstić information content (AvgIpc) is 3.21. The lowest BCUT2D eigenvalue weighted by atomic mass is 10.1. The molecule has 0 amide bonds. The minimum atomic E-state index is 0.273. The number of benzene rings is 2. The van der Waals surface area contributed by atoms with E-state index in [4.69, 9.17) is 14.5 Å². The fourth-order valence-electron chi connectivity index (χ4n) is 3.66. The third-order valence-electron chi connectivity index (χ3n) is 5.20. The van der Waals surface area contributed by atoms with E-state index in [9.17, 15) is 0 Å². The highest BCUT2D eigenvalue weighted by Crippen LogP contribution is 2.34. The van der Waals surface area contributed by atoms with E-state index in [2.05, 4.69) is 45.5 Å². The average molecular weight is 374 g/mol. The molecule has 3 aromatic rings. The second-order valence-electron chi connectivity index (χ2n) is 7.12. The first kappa shape index (κ1) is 17.0. The molecule has 0 bridgehead atoms. The summed E-state index contributed by atoms with van der Waals surface area (Å²) in [6.45, 7) is 3.27. The largest absolute Gasteiger partial charge is 0.454 e. The maximum atomic E-state index is 5.43. The molecule has 5 rings (SSSR count). The molecule has 0 aliphatic carbocycles. The highest BCUT2D eigenvalue weighted by Gasteiger charge is 2.19. The Morgan fingerprint density at radius 3 is 2.86 bits per heavy atom. The molecule has 6 heteroatoms. The highest BCUT2D eigenvalue weighted by molar-refractivity contribution is 5.60. The third kappa shape index (κ3) is 3.64. The molecule has 0 saturated carbocycles. The van der Waals surface area contributed by atoms with Crippen molar-refractivity contribution in [3.05, 3.63) is 71.5 Å². The molecule has 2 aliphatic rings. The van der Waals surface area contributed by atoms with E-state index in [1.807, 2.05) is 24.4 Å². The maximum Gasteiger partial charge on any atom is 0.231 e. The lowest BCUT2D eigenvalue weighted by Gasteiger charge is -2.28. The first-order chi connectivity index (χ1) is 13.8. The van der Waals surface area contributed by atoms with Gasteiger partial charge in [0, 0.05) is 49.6 Å². The van der Waals surface area contributed by atoms with Crippen molar-refractivity contribution in [3.63, 3.8) is 0 Å². The van der Waals surface area contributed by atoms with Gasteiger partial charge in [-0.15, -0.1) is 0 Å². The van der Waals surface area contributed by atoms with Gasteiger partial charge in [-0.2, -0.15) is 0 Å². The molecular formula is C22H22N4O2. The molecule has 142 valence electrons. The van der Waals surface area contributed by atoms with Gasteiger partial charge < -0.3 is 14.8 Å². The van der Waals surface area contributed by atoms with Crippen LogP contribution in [0.5, 0.6) is 11.5 Å². The fourth-order valence-corrected chi connectivity index (χ4v) is 3.66. The quantitative estimate of drug-likeness (QED) is 0.737. The Morgan fingerprint density at radius 1 is 1.04 bits per heavy atom. The third-order valence-corrected chi connectivity index (χ3v) is 5.20. The zero-order valence-electron chi connectivity index (χ0n) is 15.6. The summed E-state index contributed by atoms with van der Waals surface area (Å²) in [4.78, 5) is 11.7. The van der Waals surface area contributed by atoms with Gasteiger partial charge in [-0.25, -0.2) is 9.97 Å². The summed E-state index contributed by atoms with van der Waals surface area (Å²) in [5.74, 6) is 2.14. The Hall–Kier alpha value is -3.12. The number of fused-ring (bicyclic) bond motifs is 2. The van der Waals surface area contributed by atoms with E-state index in [1.165, 1.54) is 11.1 Å². The van der Waals surface area contributed by atoms with Crippen LogP contribution in [0.15, 0.2) is 54.7 Å². The fraction of sp³-hybridized carbons (Fsp3) is 0.273. The van der Waals surface area contributed by atoms with Crippen LogP contribution < -0.4 is 14.8 Å². The molecule has 0 spiro atoms. The topological polar surface area (TPSA) is 59.5 Å². The van der Waals surface area contributed by atoms with Crippen molar-refractivity contribution in [3.8, 4) is 11.5 Å². The molecule has 1 N–H and O–H groups in total. The van der Waals surface area contributed by atoms with Gasteiger partial charge in [0.1, 0.15) is 0 Å². The monoisotopic (exact) mass is 374 g/mol. The Bertz CT molecular complexity index is 978. The van der Waals surface area contributed by atoms with Crippen LogP contribution in [0.25, 0.3) is 0 Å². The SMILES string of the molecule is c1ccc(CCN2CCc3nc(Nc4ccc5c(c4)OCO5)ncc3C2)cc1. The molecule has 0 fully saturated rings. The first-order valence-corrected chi connectivity index (χ1v) is 9.61. The lowest BCUT2D eigenvalue weighted by molar-refractivity contribution is 0.174. The molecule has 2 aliphatic heterocycles. The van der Waals surface area contributed by atoms with Gasteiger partial charge in [0.15, 0.2) is 11.5 Å². The molecule has 0 saturated heterocycles. The lowest BCUT2D eigenvalue weighted by Crippen LogP contribution is -2.33. The second-order valence-corrected chi connectivity index (χ2v) is 7.12. The normalized spacial score (nSPS) is 15.3. The molecule has 6 nitrogen and oxygen atoms in total. The molecule has 0 unspecified atom stereocenters. The van der Waals surface area contributed by atoms with Crippen LogP contribution in [-0.2, 0) is 19.4 Å².